The number of nitrogens with zero attached hydrogens (tertiary/aromatic N) is 4. The summed E-state index contributed by atoms with van der Waals surface area (Å²) in [5, 5.41) is 3.84. The number of amides is 2. The molecule has 1 fully saturated rings. The van der Waals surface area contributed by atoms with Crippen molar-refractivity contribution in [3.05, 3.63) is 6.33 Å². The van der Waals surface area contributed by atoms with Crippen LogP contribution in [0.25, 0.3) is 0 Å². The summed E-state index contributed by atoms with van der Waals surface area (Å²) in [7, 11) is 0. The second-order valence-electron chi connectivity index (χ2n) is 4.79. The summed E-state index contributed by atoms with van der Waals surface area (Å²) in [6.45, 7) is 2.73. The quantitative estimate of drug-likeness (QED) is 0.684. The van der Waals surface area contributed by atoms with E-state index in [-0.39, 0.29) is 24.3 Å². The molecule has 98 valence electrons. The van der Waals surface area contributed by atoms with Crippen LogP contribution in [0.2, 0.25) is 0 Å². The summed E-state index contributed by atoms with van der Waals surface area (Å²) in [6, 6.07) is 0. The summed E-state index contributed by atoms with van der Waals surface area (Å²) in [4.78, 5) is 28.6. The van der Waals surface area contributed by atoms with Gasteiger partial charge in [0.2, 0.25) is 17.8 Å². The third kappa shape index (κ3) is 2.27. The molecule has 2 heterocycles. The topological polar surface area (TPSA) is 120 Å². The Kier molecular flexibility index (Phi) is 2.93. The maximum absolute atomic E-state index is 12.0. The van der Waals surface area contributed by atoms with Crippen molar-refractivity contribution in [3.8, 4) is 0 Å². The number of anilines is 1. The molecule has 8 heteroatoms. The molecule has 1 aliphatic heterocycles. The Hall–Kier alpha value is -2.12. The van der Waals surface area contributed by atoms with Crippen molar-refractivity contribution in [2.24, 2.45) is 11.1 Å². The molecule has 0 aliphatic carbocycles. The zero-order valence-corrected chi connectivity index (χ0v) is 10.2. The standard InChI is InChI=1S/C10H16N6O2/c1-10(8(11)18)2-3-15(5-10)7(17)4-16-6-13-9(12)14-16/h6H,2-5H2,1H3,(H2,11,18)(H2,12,14). The largest absolute Gasteiger partial charge is 0.369 e. The highest BCUT2D eigenvalue weighted by Crippen LogP contribution is 2.29. The lowest BCUT2D eigenvalue weighted by Crippen LogP contribution is -2.39. The van der Waals surface area contributed by atoms with E-state index in [9.17, 15) is 9.59 Å². The number of nitrogen functional groups attached to an aromatic ring is 1. The van der Waals surface area contributed by atoms with Gasteiger partial charge in [-0.2, -0.15) is 0 Å². The summed E-state index contributed by atoms with van der Waals surface area (Å²) < 4.78 is 1.37. The van der Waals surface area contributed by atoms with Crippen molar-refractivity contribution in [3.63, 3.8) is 0 Å². The van der Waals surface area contributed by atoms with E-state index in [0.717, 1.165) is 0 Å². The number of likely N-dealkylation sites (tertiary alicyclic amines) is 1. The highest BCUT2D eigenvalue weighted by Gasteiger charge is 2.40. The van der Waals surface area contributed by atoms with Crippen molar-refractivity contribution in [1.29, 1.82) is 0 Å². The molecule has 1 aromatic heterocycles. The fraction of sp³-hybridized carbons (Fsp3) is 0.600. The van der Waals surface area contributed by atoms with Gasteiger partial charge in [0.05, 0.1) is 5.41 Å². The van der Waals surface area contributed by atoms with Crippen LogP contribution < -0.4 is 11.5 Å². The van der Waals surface area contributed by atoms with Gasteiger partial charge in [-0.05, 0) is 13.3 Å². The maximum Gasteiger partial charge on any atom is 0.244 e. The van der Waals surface area contributed by atoms with Gasteiger partial charge in [0.1, 0.15) is 12.9 Å². The van der Waals surface area contributed by atoms with E-state index in [1.54, 1.807) is 11.8 Å². The Labute approximate surface area is 104 Å². The molecular weight excluding hydrogens is 236 g/mol. The molecule has 2 rings (SSSR count). The summed E-state index contributed by atoms with van der Waals surface area (Å²) in [6.07, 6.45) is 1.99. The molecule has 2 amide bonds. The first-order chi connectivity index (χ1) is 8.40. The zero-order valence-electron chi connectivity index (χ0n) is 10.2. The predicted molar refractivity (Wildman–Crippen MR) is 62.9 cm³/mol. The number of aromatic nitrogens is 3. The van der Waals surface area contributed by atoms with Crippen LogP contribution in [0.3, 0.4) is 0 Å². The summed E-state index contributed by atoms with van der Waals surface area (Å²) in [5.74, 6) is -0.362. The van der Waals surface area contributed by atoms with E-state index in [0.29, 0.717) is 19.5 Å². The molecule has 8 nitrogen and oxygen atoms in total. The number of hydrogen-bond acceptors (Lipinski definition) is 5. The van der Waals surface area contributed by atoms with Crippen LogP contribution in [0.5, 0.6) is 0 Å². The van der Waals surface area contributed by atoms with E-state index >= 15 is 0 Å². The number of carbonyl (C=O) groups excluding carboxylic acids is 2. The third-order valence-electron chi connectivity index (χ3n) is 3.27. The van der Waals surface area contributed by atoms with E-state index in [2.05, 4.69) is 10.1 Å². The molecule has 1 aromatic rings. The molecule has 0 saturated carbocycles. The molecule has 1 unspecified atom stereocenters. The number of nitrogens with two attached hydrogens (primary N) is 2. The lowest BCUT2D eigenvalue weighted by molar-refractivity contribution is -0.132. The molecule has 1 atom stereocenters. The van der Waals surface area contributed by atoms with Crippen molar-refractivity contribution in [2.75, 3.05) is 18.8 Å². The normalized spacial score (nSPS) is 23.3. The average molecular weight is 252 g/mol. The van der Waals surface area contributed by atoms with Crippen LogP contribution in [0.15, 0.2) is 6.33 Å². The number of primary amides is 1. The maximum atomic E-state index is 12.0. The van der Waals surface area contributed by atoms with Gasteiger partial charge >= 0.3 is 0 Å². The van der Waals surface area contributed by atoms with E-state index in [1.165, 1.54) is 11.0 Å². The molecule has 1 saturated heterocycles. The Morgan fingerprint density at radius 3 is 2.78 bits per heavy atom. The van der Waals surface area contributed by atoms with Gasteiger partial charge < -0.3 is 16.4 Å². The van der Waals surface area contributed by atoms with Crippen LogP contribution in [-0.4, -0.2) is 44.6 Å². The van der Waals surface area contributed by atoms with Crippen molar-refractivity contribution in [2.45, 2.75) is 19.9 Å². The van der Waals surface area contributed by atoms with Crippen LogP contribution in [0.1, 0.15) is 13.3 Å². The smallest absolute Gasteiger partial charge is 0.244 e. The zero-order chi connectivity index (χ0) is 13.3. The van der Waals surface area contributed by atoms with Gasteiger partial charge in [-0.3, -0.25) is 9.59 Å². The SMILES string of the molecule is CC1(C(N)=O)CCN(C(=O)Cn2cnc(N)n2)C1. The molecule has 0 radical (unpaired) electrons. The van der Waals surface area contributed by atoms with Crippen LogP contribution >= 0.6 is 0 Å². The molecular formula is C10H16N6O2. The van der Waals surface area contributed by atoms with E-state index in [4.69, 9.17) is 11.5 Å². The first kappa shape index (κ1) is 12.3. The third-order valence-corrected chi connectivity index (χ3v) is 3.27. The van der Waals surface area contributed by atoms with Crippen LogP contribution in [-0.2, 0) is 16.1 Å². The van der Waals surface area contributed by atoms with E-state index < -0.39 is 5.41 Å². The Morgan fingerprint density at radius 2 is 2.28 bits per heavy atom. The van der Waals surface area contributed by atoms with Gasteiger partial charge in [-0.15, -0.1) is 5.10 Å². The number of carbonyl (C=O) groups is 2. The van der Waals surface area contributed by atoms with Crippen molar-refractivity contribution >= 4 is 17.8 Å². The first-order valence-electron chi connectivity index (χ1n) is 5.63. The molecule has 0 aromatic carbocycles. The van der Waals surface area contributed by atoms with Gasteiger partial charge in [0.15, 0.2) is 0 Å². The van der Waals surface area contributed by atoms with Crippen LogP contribution in [0, 0.1) is 5.41 Å². The van der Waals surface area contributed by atoms with Crippen molar-refractivity contribution in [1.82, 2.24) is 19.7 Å². The molecule has 0 bridgehead atoms. The number of hydrogen-bond donors (Lipinski definition) is 2. The van der Waals surface area contributed by atoms with Crippen molar-refractivity contribution < 1.29 is 9.59 Å². The van der Waals surface area contributed by atoms with Gasteiger partial charge in [0, 0.05) is 13.1 Å². The predicted octanol–water partition coefficient (Wildman–Crippen LogP) is -1.42. The molecule has 18 heavy (non-hydrogen) atoms. The second kappa shape index (κ2) is 4.28. The van der Waals surface area contributed by atoms with Gasteiger partial charge in [-0.1, -0.05) is 0 Å². The summed E-state index contributed by atoms with van der Waals surface area (Å²) in [5.41, 5.74) is 10.1. The number of rotatable bonds is 3. The molecule has 4 N–H and O–H groups in total. The Bertz CT molecular complexity index is 484. The minimum atomic E-state index is -0.628. The Morgan fingerprint density at radius 1 is 1.56 bits per heavy atom. The highest BCUT2D eigenvalue weighted by atomic mass is 16.2. The minimum absolute atomic E-state index is 0.0685. The highest BCUT2D eigenvalue weighted by molar-refractivity contribution is 5.83. The fourth-order valence-corrected chi connectivity index (χ4v) is 2.00. The van der Waals surface area contributed by atoms with Crippen LogP contribution in [0.4, 0.5) is 5.95 Å². The minimum Gasteiger partial charge on any atom is -0.369 e. The van der Waals surface area contributed by atoms with Gasteiger partial charge in [-0.25, -0.2) is 9.67 Å². The second-order valence-corrected chi connectivity index (χ2v) is 4.79. The van der Waals surface area contributed by atoms with Gasteiger partial charge in [0.25, 0.3) is 0 Å². The van der Waals surface area contributed by atoms with E-state index in [1.807, 2.05) is 0 Å². The molecule has 1 aliphatic rings. The lowest BCUT2D eigenvalue weighted by Gasteiger charge is -2.20. The lowest BCUT2D eigenvalue weighted by atomic mass is 9.89. The average Bonchev–Trinajstić information content (AvgIpc) is 2.86. The summed E-state index contributed by atoms with van der Waals surface area (Å²) >= 11 is 0. The first-order valence-corrected chi connectivity index (χ1v) is 5.63. The fourth-order valence-electron chi connectivity index (χ4n) is 2.00. The Balaban J connectivity index is 1.98. The molecule has 0 spiro atoms. The monoisotopic (exact) mass is 252 g/mol.